The second-order valence-corrected chi connectivity index (χ2v) is 6.35. The Morgan fingerprint density at radius 2 is 1.73 bits per heavy atom. The predicted octanol–water partition coefficient (Wildman–Crippen LogP) is 5.47. The number of para-hydroxylation sites is 1. The van der Waals surface area contributed by atoms with Gasteiger partial charge >= 0.3 is 0 Å². The first-order chi connectivity index (χ1) is 12.8. The summed E-state index contributed by atoms with van der Waals surface area (Å²) < 4.78 is 11.5. The molecule has 0 radical (unpaired) electrons. The van der Waals surface area contributed by atoms with Crippen LogP contribution in [0.5, 0.6) is 11.5 Å². The number of pyridine rings is 1. The number of fused-ring (bicyclic) bond motifs is 4. The monoisotopic (exact) mass is 339 g/mol. The molecular weight excluding hydrogens is 322 g/mol. The number of hydrogen-bond acceptors (Lipinski definition) is 3. The van der Waals surface area contributed by atoms with Gasteiger partial charge in [0.1, 0.15) is 18.1 Å². The van der Waals surface area contributed by atoms with Crippen LogP contribution in [0.3, 0.4) is 0 Å². The van der Waals surface area contributed by atoms with Crippen LogP contribution in [0.4, 0.5) is 0 Å². The SMILES string of the molecule is COc1ccc2nc3c(c(-c4ccccc4)c2c1)COc1ccccc1-3. The van der Waals surface area contributed by atoms with Crippen molar-refractivity contribution < 1.29 is 9.47 Å². The summed E-state index contributed by atoms with van der Waals surface area (Å²) >= 11 is 0. The zero-order valence-corrected chi connectivity index (χ0v) is 14.4. The molecule has 0 fully saturated rings. The van der Waals surface area contributed by atoms with Gasteiger partial charge in [-0.3, -0.25) is 0 Å². The summed E-state index contributed by atoms with van der Waals surface area (Å²) in [6, 6.07) is 24.6. The number of rotatable bonds is 2. The maximum atomic E-state index is 6.05. The first kappa shape index (κ1) is 15.0. The first-order valence-corrected chi connectivity index (χ1v) is 8.63. The van der Waals surface area contributed by atoms with E-state index in [1.165, 1.54) is 5.56 Å². The number of benzene rings is 3. The summed E-state index contributed by atoms with van der Waals surface area (Å²) in [5.41, 5.74) is 6.45. The van der Waals surface area contributed by atoms with Gasteiger partial charge in [-0.25, -0.2) is 4.98 Å². The van der Waals surface area contributed by atoms with E-state index in [-0.39, 0.29) is 0 Å². The number of ether oxygens (including phenoxy) is 2. The van der Waals surface area contributed by atoms with Crippen LogP contribution >= 0.6 is 0 Å². The molecule has 0 amide bonds. The molecule has 0 saturated heterocycles. The lowest BCUT2D eigenvalue weighted by Gasteiger charge is -2.24. The molecule has 0 spiro atoms. The molecule has 0 saturated carbocycles. The molecule has 1 aromatic heterocycles. The Kier molecular flexibility index (Phi) is 3.39. The molecule has 26 heavy (non-hydrogen) atoms. The zero-order chi connectivity index (χ0) is 17.5. The smallest absolute Gasteiger partial charge is 0.129 e. The zero-order valence-electron chi connectivity index (χ0n) is 14.4. The Balaban J connectivity index is 1.91. The third-order valence-electron chi connectivity index (χ3n) is 4.87. The largest absolute Gasteiger partial charge is 0.497 e. The molecule has 3 aromatic carbocycles. The van der Waals surface area contributed by atoms with Gasteiger partial charge in [0, 0.05) is 16.5 Å². The van der Waals surface area contributed by atoms with E-state index >= 15 is 0 Å². The molecule has 0 bridgehead atoms. The van der Waals surface area contributed by atoms with Crippen molar-refractivity contribution in [3.8, 4) is 33.9 Å². The van der Waals surface area contributed by atoms with Gasteiger partial charge in [0.05, 0.1) is 18.3 Å². The average molecular weight is 339 g/mol. The minimum Gasteiger partial charge on any atom is -0.497 e. The van der Waals surface area contributed by atoms with Gasteiger partial charge in [-0.1, -0.05) is 42.5 Å². The highest BCUT2D eigenvalue weighted by Crippen LogP contribution is 2.43. The van der Waals surface area contributed by atoms with Gasteiger partial charge in [0.25, 0.3) is 0 Å². The van der Waals surface area contributed by atoms with Crippen LogP contribution in [-0.2, 0) is 6.61 Å². The minimum absolute atomic E-state index is 0.511. The molecule has 5 rings (SSSR count). The Hall–Kier alpha value is -3.33. The number of aromatic nitrogens is 1. The Morgan fingerprint density at radius 1 is 0.923 bits per heavy atom. The molecule has 4 aromatic rings. The molecule has 3 heteroatoms. The van der Waals surface area contributed by atoms with Gasteiger partial charge in [-0.15, -0.1) is 0 Å². The van der Waals surface area contributed by atoms with Crippen molar-refractivity contribution in [2.45, 2.75) is 6.61 Å². The summed E-state index contributed by atoms with van der Waals surface area (Å²) in [6.45, 7) is 0.511. The normalized spacial score (nSPS) is 12.2. The molecule has 0 N–H and O–H groups in total. The second-order valence-electron chi connectivity index (χ2n) is 6.35. The van der Waals surface area contributed by atoms with E-state index in [0.717, 1.165) is 44.8 Å². The lowest BCUT2D eigenvalue weighted by Crippen LogP contribution is -2.09. The summed E-state index contributed by atoms with van der Waals surface area (Å²) in [5.74, 6) is 1.72. The van der Waals surface area contributed by atoms with E-state index in [9.17, 15) is 0 Å². The van der Waals surface area contributed by atoms with Crippen molar-refractivity contribution in [2.75, 3.05) is 7.11 Å². The predicted molar refractivity (Wildman–Crippen MR) is 103 cm³/mol. The van der Waals surface area contributed by atoms with Crippen LogP contribution in [0.1, 0.15) is 5.56 Å². The molecule has 126 valence electrons. The molecule has 0 unspecified atom stereocenters. The van der Waals surface area contributed by atoms with Crippen LogP contribution in [0.15, 0.2) is 72.8 Å². The lowest BCUT2D eigenvalue weighted by molar-refractivity contribution is 0.302. The number of nitrogens with zero attached hydrogens (tertiary/aromatic N) is 1. The van der Waals surface area contributed by atoms with Crippen molar-refractivity contribution in [1.82, 2.24) is 4.98 Å². The highest BCUT2D eigenvalue weighted by Gasteiger charge is 2.24. The molecule has 1 aliphatic rings. The Morgan fingerprint density at radius 3 is 2.58 bits per heavy atom. The van der Waals surface area contributed by atoms with Crippen LogP contribution in [0, 0.1) is 0 Å². The van der Waals surface area contributed by atoms with Crippen molar-refractivity contribution in [3.05, 3.63) is 78.4 Å². The summed E-state index contributed by atoms with van der Waals surface area (Å²) in [7, 11) is 1.69. The highest BCUT2D eigenvalue weighted by molar-refractivity contribution is 6.00. The van der Waals surface area contributed by atoms with Crippen molar-refractivity contribution in [1.29, 1.82) is 0 Å². The minimum atomic E-state index is 0.511. The highest BCUT2D eigenvalue weighted by atomic mass is 16.5. The van der Waals surface area contributed by atoms with Gasteiger partial charge < -0.3 is 9.47 Å². The Labute approximate surface area is 151 Å². The van der Waals surface area contributed by atoms with Crippen molar-refractivity contribution in [3.63, 3.8) is 0 Å². The molecule has 1 aliphatic heterocycles. The molecular formula is C23H17NO2. The maximum Gasteiger partial charge on any atom is 0.129 e. The van der Waals surface area contributed by atoms with Gasteiger partial charge in [0.2, 0.25) is 0 Å². The fourth-order valence-corrected chi connectivity index (χ4v) is 3.64. The van der Waals surface area contributed by atoms with E-state index in [0.29, 0.717) is 6.61 Å². The van der Waals surface area contributed by atoms with Crippen molar-refractivity contribution >= 4 is 10.9 Å². The lowest BCUT2D eigenvalue weighted by atomic mass is 9.91. The fourth-order valence-electron chi connectivity index (χ4n) is 3.64. The Bertz CT molecular complexity index is 1120. The molecule has 0 atom stereocenters. The third kappa shape index (κ3) is 2.25. The standard InChI is InChI=1S/C23H17NO2/c1-25-16-11-12-20-18(13-16)22(15-7-3-2-4-8-15)19-14-26-21-10-6-5-9-17(21)23(19)24-20/h2-13H,14H2,1H3. The van der Waals surface area contributed by atoms with Crippen LogP contribution < -0.4 is 9.47 Å². The van der Waals surface area contributed by atoms with Crippen LogP contribution in [0.25, 0.3) is 33.3 Å². The molecule has 3 nitrogen and oxygen atoms in total. The topological polar surface area (TPSA) is 31.4 Å². The van der Waals surface area contributed by atoms with Gasteiger partial charge in [-0.2, -0.15) is 0 Å². The third-order valence-corrected chi connectivity index (χ3v) is 4.87. The van der Waals surface area contributed by atoms with E-state index in [2.05, 4.69) is 36.4 Å². The van der Waals surface area contributed by atoms with Crippen LogP contribution in [0.2, 0.25) is 0 Å². The van der Waals surface area contributed by atoms with E-state index in [1.54, 1.807) is 7.11 Å². The van der Waals surface area contributed by atoms with Crippen molar-refractivity contribution in [2.24, 2.45) is 0 Å². The van der Waals surface area contributed by atoms with E-state index < -0.39 is 0 Å². The van der Waals surface area contributed by atoms with E-state index in [1.807, 2.05) is 36.4 Å². The average Bonchev–Trinajstić information content (AvgIpc) is 2.72. The maximum absolute atomic E-state index is 6.05. The second kappa shape index (κ2) is 5.88. The summed E-state index contributed by atoms with van der Waals surface area (Å²) in [5, 5.41) is 1.08. The number of methoxy groups -OCH3 is 1. The number of hydrogen-bond donors (Lipinski definition) is 0. The summed E-state index contributed by atoms with van der Waals surface area (Å²) in [4.78, 5) is 4.98. The van der Waals surface area contributed by atoms with Gasteiger partial charge in [-0.05, 0) is 41.5 Å². The fraction of sp³-hybridized carbons (Fsp3) is 0.0870. The quantitative estimate of drug-likeness (QED) is 0.485. The first-order valence-electron chi connectivity index (χ1n) is 8.63. The summed E-state index contributed by atoms with van der Waals surface area (Å²) in [6.07, 6.45) is 0. The molecule has 2 heterocycles. The van der Waals surface area contributed by atoms with E-state index in [4.69, 9.17) is 14.5 Å². The molecule has 0 aliphatic carbocycles. The van der Waals surface area contributed by atoms with Gasteiger partial charge in [0.15, 0.2) is 0 Å². The van der Waals surface area contributed by atoms with Crippen LogP contribution in [-0.4, -0.2) is 12.1 Å².